The second kappa shape index (κ2) is 6.37. The molecular formula is C15H21ClN4. The zero-order chi connectivity index (χ0) is 14.7. The van der Waals surface area contributed by atoms with Crippen molar-refractivity contribution in [2.45, 2.75) is 39.3 Å². The van der Waals surface area contributed by atoms with Gasteiger partial charge in [0.15, 0.2) is 0 Å². The molecule has 1 N–H and O–H groups in total. The van der Waals surface area contributed by atoms with E-state index in [-0.39, 0.29) is 6.04 Å². The fourth-order valence-electron chi connectivity index (χ4n) is 2.40. The summed E-state index contributed by atoms with van der Waals surface area (Å²) < 4.78 is 1.96. The number of nitrogens with zero attached hydrogens (tertiary/aromatic N) is 3. The molecule has 0 radical (unpaired) electrons. The van der Waals surface area contributed by atoms with Crippen molar-refractivity contribution in [1.82, 2.24) is 20.1 Å². The van der Waals surface area contributed by atoms with Crippen molar-refractivity contribution in [1.29, 1.82) is 0 Å². The Kier molecular flexibility index (Phi) is 4.78. The Morgan fingerprint density at radius 2 is 2.10 bits per heavy atom. The molecule has 0 fully saturated rings. The van der Waals surface area contributed by atoms with Crippen LogP contribution in [0.5, 0.6) is 0 Å². The highest BCUT2D eigenvalue weighted by molar-refractivity contribution is 6.31. The van der Waals surface area contributed by atoms with Crippen LogP contribution >= 0.6 is 11.6 Å². The molecule has 0 bridgehead atoms. The van der Waals surface area contributed by atoms with E-state index < -0.39 is 0 Å². The molecule has 2 aromatic rings. The van der Waals surface area contributed by atoms with Gasteiger partial charge < -0.3 is 5.32 Å². The van der Waals surface area contributed by atoms with E-state index in [4.69, 9.17) is 11.6 Å². The zero-order valence-electron chi connectivity index (χ0n) is 12.4. The third-order valence-corrected chi connectivity index (χ3v) is 3.97. The van der Waals surface area contributed by atoms with Gasteiger partial charge >= 0.3 is 0 Å². The number of hydrogen-bond donors (Lipinski definition) is 1. The number of likely N-dealkylation sites (N-methyl/N-ethyl adjacent to an activating group) is 1. The van der Waals surface area contributed by atoms with Crippen LogP contribution in [0.25, 0.3) is 0 Å². The lowest BCUT2D eigenvalue weighted by molar-refractivity contribution is 0.477. The molecule has 0 saturated heterocycles. The summed E-state index contributed by atoms with van der Waals surface area (Å²) in [6.45, 7) is 6.27. The van der Waals surface area contributed by atoms with Crippen molar-refractivity contribution < 1.29 is 0 Å². The van der Waals surface area contributed by atoms with Crippen molar-refractivity contribution in [2.24, 2.45) is 0 Å². The van der Waals surface area contributed by atoms with Gasteiger partial charge in [-0.2, -0.15) is 5.10 Å². The van der Waals surface area contributed by atoms with Crippen molar-refractivity contribution >= 4 is 11.6 Å². The second-order valence-corrected chi connectivity index (χ2v) is 5.62. The molecule has 1 atom stereocenters. The van der Waals surface area contributed by atoms with Crippen LogP contribution in [-0.4, -0.2) is 21.8 Å². The van der Waals surface area contributed by atoms with Gasteiger partial charge in [-0.15, -0.1) is 0 Å². The Bertz CT molecular complexity index is 577. The van der Waals surface area contributed by atoms with Gasteiger partial charge in [0.05, 0.1) is 0 Å². The quantitative estimate of drug-likeness (QED) is 0.919. The van der Waals surface area contributed by atoms with E-state index in [0.717, 1.165) is 22.8 Å². The maximum Gasteiger partial charge on any atom is 0.138 e. The molecule has 0 aliphatic carbocycles. The number of hydrogen-bond acceptors (Lipinski definition) is 3. The van der Waals surface area contributed by atoms with E-state index in [1.165, 1.54) is 5.56 Å². The van der Waals surface area contributed by atoms with Crippen molar-refractivity contribution in [3.05, 3.63) is 46.5 Å². The highest BCUT2D eigenvalue weighted by atomic mass is 35.5. The Balaban J connectivity index is 2.29. The number of rotatable bonds is 5. The molecule has 20 heavy (non-hydrogen) atoms. The molecule has 5 heteroatoms. The number of aromatic nitrogens is 3. The third kappa shape index (κ3) is 3.02. The Morgan fingerprint density at radius 3 is 2.75 bits per heavy atom. The van der Waals surface area contributed by atoms with E-state index in [0.29, 0.717) is 6.04 Å². The van der Waals surface area contributed by atoms with Crippen LogP contribution in [0.1, 0.15) is 42.9 Å². The molecule has 2 rings (SSSR count). The molecule has 0 aliphatic heterocycles. The predicted molar refractivity (Wildman–Crippen MR) is 82.1 cm³/mol. The first-order valence-corrected chi connectivity index (χ1v) is 7.23. The van der Waals surface area contributed by atoms with Crippen LogP contribution < -0.4 is 5.32 Å². The lowest BCUT2D eigenvalue weighted by Gasteiger charge is -2.20. The fraction of sp³-hybridized carbons (Fsp3) is 0.467. The van der Waals surface area contributed by atoms with E-state index in [9.17, 15) is 0 Å². The number of nitrogens with one attached hydrogen (secondary N) is 1. The van der Waals surface area contributed by atoms with Gasteiger partial charge in [0.2, 0.25) is 0 Å². The molecule has 0 saturated carbocycles. The first-order chi connectivity index (χ1) is 9.54. The Morgan fingerprint density at radius 1 is 1.35 bits per heavy atom. The molecule has 1 unspecified atom stereocenters. The first-order valence-electron chi connectivity index (χ1n) is 6.85. The standard InChI is InChI=1S/C15H21ClN4/c1-10(2)20-15(18-9-19-20)8-14(17-4)12-6-5-7-13(16)11(12)3/h5-7,9-10,14,17H,8H2,1-4H3. The van der Waals surface area contributed by atoms with Crippen molar-refractivity contribution in [2.75, 3.05) is 7.05 Å². The average molecular weight is 293 g/mol. The van der Waals surface area contributed by atoms with Crippen LogP contribution in [0.3, 0.4) is 0 Å². The predicted octanol–water partition coefficient (Wildman–Crippen LogP) is 3.32. The average Bonchev–Trinajstić information content (AvgIpc) is 2.88. The lowest BCUT2D eigenvalue weighted by Crippen LogP contribution is -2.22. The summed E-state index contributed by atoms with van der Waals surface area (Å²) in [4.78, 5) is 4.38. The van der Waals surface area contributed by atoms with Gasteiger partial charge in [0.1, 0.15) is 12.2 Å². The fourth-order valence-corrected chi connectivity index (χ4v) is 2.59. The van der Waals surface area contributed by atoms with Crippen LogP contribution in [0, 0.1) is 6.92 Å². The smallest absolute Gasteiger partial charge is 0.138 e. The maximum atomic E-state index is 6.22. The minimum absolute atomic E-state index is 0.176. The van der Waals surface area contributed by atoms with Gasteiger partial charge in [-0.05, 0) is 45.0 Å². The third-order valence-electron chi connectivity index (χ3n) is 3.56. The molecule has 1 aromatic carbocycles. The van der Waals surface area contributed by atoms with Gasteiger partial charge in [-0.25, -0.2) is 9.67 Å². The van der Waals surface area contributed by atoms with E-state index >= 15 is 0 Å². The molecule has 0 aliphatic rings. The van der Waals surface area contributed by atoms with Gasteiger partial charge in [0, 0.05) is 23.5 Å². The molecule has 1 heterocycles. The maximum absolute atomic E-state index is 6.22. The van der Waals surface area contributed by atoms with E-state index in [1.54, 1.807) is 6.33 Å². The molecule has 1 aromatic heterocycles. The van der Waals surface area contributed by atoms with E-state index in [2.05, 4.69) is 42.2 Å². The lowest BCUT2D eigenvalue weighted by atomic mass is 9.98. The topological polar surface area (TPSA) is 42.7 Å². The summed E-state index contributed by atoms with van der Waals surface area (Å²) in [5, 5.41) is 8.44. The normalized spacial score (nSPS) is 12.9. The summed E-state index contributed by atoms with van der Waals surface area (Å²) >= 11 is 6.22. The highest BCUT2D eigenvalue weighted by Gasteiger charge is 2.17. The zero-order valence-corrected chi connectivity index (χ0v) is 13.1. The van der Waals surface area contributed by atoms with Gasteiger partial charge in [0.25, 0.3) is 0 Å². The largest absolute Gasteiger partial charge is 0.313 e. The number of benzene rings is 1. The van der Waals surface area contributed by atoms with Crippen LogP contribution in [0.4, 0.5) is 0 Å². The van der Waals surface area contributed by atoms with Crippen LogP contribution in [0.15, 0.2) is 24.5 Å². The minimum Gasteiger partial charge on any atom is -0.313 e. The first kappa shape index (κ1) is 15.0. The monoisotopic (exact) mass is 292 g/mol. The molecule has 0 amide bonds. The van der Waals surface area contributed by atoms with Crippen molar-refractivity contribution in [3.63, 3.8) is 0 Å². The van der Waals surface area contributed by atoms with Gasteiger partial charge in [-0.1, -0.05) is 23.7 Å². The summed E-state index contributed by atoms with van der Waals surface area (Å²) in [7, 11) is 1.96. The molecular weight excluding hydrogens is 272 g/mol. The number of halogens is 1. The van der Waals surface area contributed by atoms with E-state index in [1.807, 2.05) is 23.9 Å². The SMILES string of the molecule is CNC(Cc1ncnn1C(C)C)c1cccc(Cl)c1C. The van der Waals surface area contributed by atoms with Crippen LogP contribution in [0.2, 0.25) is 5.02 Å². The molecule has 0 spiro atoms. The molecule has 108 valence electrons. The summed E-state index contributed by atoms with van der Waals surface area (Å²) in [5.41, 5.74) is 2.32. The summed E-state index contributed by atoms with van der Waals surface area (Å²) in [5.74, 6) is 0.985. The van der Waals surface area contributed by atoms with Crippen molar-refractivity contribution in [3.8, 4) is 0 Å². The summed E-state index contributed by atoms with van der Waals surface area (Å²) in [6.07, 6.45) is 2.41. The molecule has 4 nitrogen and oxygen atoms in total. The second-order valence-electron chi connectivity index (χ2n) is 5.21. The highest BCUT2D eigenvalue weighted by Crippen LogP contribution is 2.26. The van der Waals surface area contributed by atoms with Gasteiger partial charge in [-0.3, -0.25) is 0 Å². The Hall–Kier alpha value is -1.39. The van der Waals surface area contributed by atoms with Crippen LogP contribution in [-0.2, 0) is 6.42 Å². The summed E-state index contributed by atoms with van der Waals surface area (Å²) in [6, 6.07) is 6.51. The Labute approximate surface area is 125 Å². The minimum atomic E-state index is 0.176.